The molecule has 0 unspecified atom stereocenters. The van der Waals surface area contributed by atoms with E-state index in [1.54, 1.807) is 23.0 Å². The van der Waals surface area contributed by atoms with Crippen molar-refractivity contribution >= 4 is 17.3 Å². The number of hydrogen-bond acceptors (Lipinski definition) is 4. The van der Waals surface area contributed by atoms with Crippen LogP contribution in [-0.2, 0) is 0 Å². The van der Waals surface area contributed by atoms with Gasteiger partial charge in [0, 0.05) is 17.1 Å². The van der Waals surface area contributed by atoms with Crippen LogP contribution in [0.25, 0.3) is 16.9 Å². The van der Waals surface area contributed by atoms with E-state index >= 15 is 0 Å². The van der Waals surface area contributed by atoms with Gasteiger partial charge in [-0.25, -0.2) is 9.48 Å². The number of nitriles is 1. The summed E-state index contributed by atoms with van der Waals surface area (Å²) >= 11 is 1.54. The minimum Gasteiger partial charge on any atom is -0.478 e. The van der Waals surface area contributed by atoms with Gasteiger partial charge in [0.05, 0.1) is 16.8 Å². The van der Waals surface area contributed by atoms with Crippen molar-refractivity contribution in [1.29, 1.82) is 5.26 Å². The first-order valence-electron chi connectivity index (χ1n) is 6.05. The summed E-state index contributed by atoms with van der Waals surface area (Å²) in [5.74, 6) is -0.973. The summed E-state index contributed by atoms with van der Waals surface area (Å²) in [5, 5.41) is 26.4. The van der Waals surface area contributed by atoms with Gasteiger partial charge < -0.3 is 5.11 Å². The average Bonchev–Trinajstić information content (AvgIpc) is 3.16. The maximum Gasteiger partial charge on any atom is 0.335 e. The summed E-state index contributed by atoms with van der Waals surface area (Å²) in [6, 6.07) is 10.4. The molecule has 0 aliphatic rings. The quantitative estimate of drug-likeness (QED) is 0.797. The summed E-state index contributed by atoms with van der Waals surface area (Å²) < 4.78 is 1.58. The van der Waals surface area contributed by atoms with Crippen molar-refractivity contribution in [3.05, 3.63) is 58.4 Å². The van der Waals surface area contributed by atoms with E-state index in [-0.39, 0.29) is 13.0 Å². The molecule has 0 atom stereocenters. The molecule has 3 aromatic rings. The van der Waals surface area contributed by atoms with Gasteiger partial charge in [-0.1, -0.05) is 7.43 Å². The molecule has 0 spiro atoms. The molecule has 0 saturated heterocycles. The molecule has 2 heterocycles. The first-order valence-corrected chi connectivity index (χ1v) is 6.99. The fraction of sp³-hybridized carbons (Fsp3) is 0.0625. The van der Waals surface area contributed by atoms with Gasteiger partial charge in [0.1, 0.15) is 11.8 Å². The van der Waals surface area contributed by atoms with Crippen molar-refractivity contribution in [2.75, 3.05) is 0 Å². The fourth-order valence-electron chi connectivity index (χ4n) is 1.96. The zero-order valence-electron chi connectivity index (χ0n) is 10.7. The summed E-state index contributed by atoms with van der Waals surface area (Å²) in [6.45, 7) is 0. The number of aromatic carboxylic acids is 1. The third kappa shape index (κ3) is 2.75. The van der Waals surface area contributed by atoms with E-state index in [1.165, 1.54) is 23.5 Å². The van der Waals surface area contributed by atoms with Gasteiger partial charge in [-0.3, -0.25) is 0 Å². The van der Waals surface area contributed by atoms with Gasteiger partial charge in [-0.05, 0) is 35.7 Å². The molecule has 0 bridgehead atoms. The average molecular weight is 311 g/mol. The lowest BCUT2D eigenvalue weighted by Crippen LogP contribution is -1.98. The normalized spacial score (nSPS) is 9.77. The Morgan fingerprint density at radius 2 is 2.00 bits per heavy atom. The number of benzene rings is 1. The van der Waals surface area contributed by atoms with Gasteiger partial charge in [-0.15, -0.1) is 0 Å². The lowest BCUT2D eigenvalue weighted by atomic mass is 10.2. The van der Waals surface area contributed by atoms with Crippen LogP contribution in [0.2, 0.25) is 0 Å². The van der Waals surface area contributed by atoms with Crippen LogP contribution in [0.1, 0.15) is 23.3 Å². The molecule has 2 aromatic heterocycles. The molecule has 5 nitrogen and oxygen atoms in total. The molecule has 110 valence electrons. The van der Waals surface area contributed by atoms with Crippen molar-refractivity contribution in [3.8, 4) is 23.0 Å². The van der Waals surface area contributed by atoms with E-state index in [1.807, 2.05) is 16.8 Å². The third-order valence-electron chi connectivity index (χ3n) is 3.01. The van der Waals surface area contributed by atoms with E-state index in [9.17, 15) is 10.1 Å². The first kappa shape index (κ1) is 15.5. The molecular formula is C16H13N3O2S. The molecule has 0 amide bonds. The number of carboxylic acid groups (broad SMARTS) is 1. The van der Waals surface area contributed by atoms with Crippen LogP contribution in [-0.4, -0.2) is 20.9 Å². The molecule has 22 heavy (non-hydrogen) atoms. The second-order valence-electron chi connectivity index (χ2n) is 4.31. The van der Waals surface area contributed by atoms with Crippen LogP contribution in [0.15, 0.2) is 47.3 Å². The van der Waals surface area contributed by atoms with Gasteiger partial charge in [0.2, 0.25) is 0 Å². The molecule has 0 radical (unpaired) electrons. The second kappa shape index (κ2) is 6.24. The van der Waals surface area contributed by atoms with Crippen molar-refractivity contribution in [2.45, 2.75) is 7.43 Å². The van der Waals surface area contributed by atoms with Crippen LogP contribution in [0, 0.1) is 11.3 Å². The Morgan fingerprint density at radius 3 is 2.55 bits per heavy atom. The molecule has 3 rings (SSSR count). The van der Waals surface area contributed by atoms with Gasteiger partial charge in [-0.2, -0.15) is 21.7 Å². The largest absolute Gasteiger partial charge is 0.478 e. The van der Waals surface area contributed by atoms with Crippen LogP contribution in [0.4, 0.5) is 0 Å². The number of hydrogen-bond donors (Lipinski definition) is 1. The lowest BCUT2D eigenvalue weighted by Gasteiger charge is -2.01. The molecule has 0 aliphatic carbocycles. The smallest absolute Gasteiger partial charge is 0.335 e. The Balaban J connectivity index is 0.00000176. The Labute approximate surface area is 131 Å². The molecule has 0 aliphatic heterocycles. The van der Waals surface area contributed by atoms with E-state index in [0.29, 0.717) is 16.9 Å². The topological polar surface area (TPSA) is 78.9 Å². The maximum absolute atomic E-state index is 10.8. The highest BCUT2D eigenvalue weighted by Crippen LogP contribution is 2.25. The van der Waals surface area contributed by atoms with Crippen molar-refractivity contribution in [1.82, 2.24) is 9.78 Å². The molecule has 0 fully saturated rings. The third-order valence-corrected chi connectivity index (χ3v) is 3.69. The number of rotatable bonds is 3. The van der Waals surface area contributed by atoms with E-state index < -0.39 is 5.97 Å². The summed E-state index contributed by atoms with van der Waals surface area (Å²) in [5.41, 5.74) is 2.93. The number of aromatic nitrogens is 2. The molecule has 1 N–H and O–H groups in total. The minimum absolute atomic E-state index is 0. The summed E-state index contributed by atoms with van der Waals surface area (Å²) in [6.07, 6.45) is 1.64. The highest BCUT2D eigenvalue weighted by atomic mass is 32.1. The van der Waals surface area contributed by atoms with Crippen LogP contribution < -0.4 is 0 Å². The monoisotopic (exact) mass is 311 g/mol. The highest BCUT2D eigenvalue weighted by molar-refractivity contribution is 7.08. The molecule has 6 heteroatoms. The Morgan fingerprint density at radius 1 is 1.27 bits per heavy atom. The van der Waals surface area contributed by atoms with Gasteiger partial charge in [0.15, 0.2) is 0 Å². The SMILES string of the molecule is C.N#Cc1cn(-c2ccc(C(=O)O)cc2)nc1-c1ccsc1. The van der Waals surface area contributed by atoms with Crippen LogP contribution in [0.3, 0.4) is 0 Å². The van der Waals surface area contributed by atoms with Crippen molar-refractivity contribution < 1.29 is 9.90 Å². The maximum atomic E-state index is 10.8. The van der Waals surface area contributed by atoms with Gasteiger partial charge >= 0.3 is 5.97 Å². The zero-order chi connectivity index (χ0) is 14.8. The van der Waals surface area contributed by atoms with E-state index in [0.717, 1.165) is 5.56 Å². The second-order valence-corrected chi connectivity index (χ2v) is 5.09. The Hall–Kier alpha value is -2.91. The van der Waals surface area contributed by atoms with Crippen LogP contribution >= 0.6 is 11.3 Å². The Kier molecular flexibility index (Phi) is 4.39. The molecule has 0 saturated carbocycles. The minimum atomic E-state index is -0.973. The van der Waals surface area contributed by atoms with Crippen LogP contribution in [0.5, 0.6) is 0 Å². The Bertz CT molecular complexity index is 827. The molecule has 1 aromatic carbocycles. The predicted molar refractivity (Wildman–Crippen MR) is 85.3 cm³/mol. The first-order chi connectivity index (χ1) is 10.2. The molecular weight excluding hydrogens is 298 g/mol. The number of carboxylic acids is 1. The van der Waals surface area contributed by atoms with E-state index in [4.69, 9.17) is 5.11 Å². The van der Waals surface area contributed by atoms with Gasteiger partial charge in [0.25, 0.3) is 0 Å². The lowest BCUT2D eigenvalue weighted by molar-refractivity contribution is 0.0697. The number of nitrogens with zero attached hydrogens (tertiary/aromatic N) is 3. The van der Waals surface area contributed by atoms with Crippen molar-refractivity contribution in [3.63, 3.8) is 0 Å². The highest BCUT2D eigenvalue weighted by Gasteiger charge is 2.12. The standard InChI is InChI=1S/C15H9N3O2S.CH4/c16-7-12-8-18(17-14(12)11-5-6-21-9-11)13-3-1-10(2-4-13)15(19)20;/h1-6,8-9H,(H,19,20);1H4. The summed E-state index contributed by atoms with van der Waals surface area (Å²) in [4.78, 5) is 10.8. The summed E-state index contributed by atoms with van der Waals surface area (Å²) in [7, 11) is 0. The number of thiophene rings is 1. The predicted octanol–water partition coefficient (Wildman–Crippen LogP) is 3.81. The number of carbonyl (C=O) groups is 1. The van der Waals surface area contributed by atoms with Crippen molar-refractivity contribution in [2.24, 2.45) is 0 Å². The van der Waals surface area contributed by atoms with E-state index in [2.05, 4.69) is 11.2 Å². The fourth-order valence-corrected chi connectivity index (χ4v) is 2.60. The zero-order valence-corrected chi connectivity index (χ0v) is 11.5.